The third-order valence-corrected chi connectivity index (χ3v) is 6.69. The van der Waals surface area contributed by atoms with Crippen molar-refractivity contribution < 1.29 is 13.2 Å². The van der Waals surface area contributed by atoms with E-state index in [0.717, 1.165) is 12.2 Å². The molecule has 32 heavy (non-hydrogen) atoms. The molecule has 2 aromatic heterocycles. The summed E-state index contributed by atoms with van der Waals surface area (Å²) in [4.78, 5) is 29.1. The van der Waals surface area contributed by atoms with Gasteiger partial charge in [-0.05, 0) is 50.6 Å². The summed E-state index contributed by atoms with van der Waals surface area (Å²) in [5.41, 5.74) is 1.72. The van der Waals surface area contributed by atoms with Crippen LogP contribution in [-0.2, 0) is 10.0 Å². The maximum Gasteiger partial charge on any atom is 0.275 e. The highest BCUT2D eigenvalue weighted by Crippen LogP contribution is 2.21. The van der Waals surface area contributed by atoms with Crippen LogP contribution in [0, 0.1) is 13.8 Å². The molecule has 3 aromatic rings. The van der Waals surface area contributed by atoms with Crippen molar-refractivity contribution in [2.24, 2.45) is 0 Å². The number of nitrogens with zero attached hydrogens (tertiary/aromatic N) is 4. The van der Waals surface area contributed by atoms with Gasteiger partial charge in [-0.25, -0.2) is 33.1 Å². The molecular weight excluding hydrogens is 472 g/mol. The van der Waals surface area contributed by atoms with Crippen molar-refractivity contribution in [3.05, 3.63) is 58.6 Å². The molecule has 0 bridgehead atoms. The maximum atomic E-state index is 12.6. The molecule has 0 saturated carbocycles. The number of thioether (sulfide) groups is 1. The Morgan fingerprint density at radius 2 is 1.75 bits per heavy atom. The van der Waals surface area contributed by atoms with Gasteiger partial charge in [0.15, 0.2) is 10.9 Å². The lowest BCUT2D eigenvalue weighted by Gasteiger charge is -2.10. The standard InChI is InChI=1S/C20H21ClN6O3S2/c1-4-9-31-20-22-11-16(21)17(26-20)18(28)25-14-5-7-15(8-6-14)32(29,30)27-19-23-12(2)10-13(3)24-19/h5-8,10-11H,4,9H2,1-3H3,(H,25,28)(H,23,24,27). The Bertz CT molecular complexity index is 1220. The van der Waals surface area contributed by atoms with E-state index in [1.54, 1.807) is 19.9 Å². The van der Waals surface area contributed by atoms with Gasteiger partial charge in [0.05, 0.1) is 16.1 Å². The van der Waals surface area contributed by atoms with Crippen molar-refractivity contribution in [3.63, 3.8) is 0 Å². The number of nitrogens with one attached hydrogen (secondary N) is 2. The van der Waals surface area contributed by atoms with E-state index >= 15 is 0 Å². The zero-order valence-corrected chi connectivity index (χ0v) is 20.0. The fraction of sp³-hybridized carbons (Fsp3) is 0.250. The van der Waals surface area contributed by atoms with Crippen LogP contribution in [-0.4, -0.2) is 40.0 Å². The molecule has 0 unspecified atom stereocenters. The molecule has 9 nitrogen and oxygen atoms in total. The van der Waals surface area contributed by atoms with Gasteiger partial charge in [0.2, 0.25) is 5.95 Å². The number of hydrogen-bond acceptors (Lipinski definition) is 8. The van der Waals surface area contributed by atoms with E-state index in [2.05, 4.69) is 30.0 Å². The van der Waals surface area contributed by atoms with E-state index in [1.807, 2.05) is 6.92 Å². The highest BCUT2D eigenvalue weighted by molar-refractivity contribution is 7.99. The van der Waals surface area contributed by atoms with E-state index in [-0.39, 0.29) is 21.6 Å². The highest BCUT2D eigenvalue weighted by Gasteiger charge is 2.18. The van der Waals surface area contributed by atoms with E-state index in [9.17, 15) is 13.2 Å². The molecule has 168 valence electrons. The van der Waals surface area contributed by atoms with Crippen LogP contribution in [0.1, 0.15) is 35.2 Å². The number of aryl methyl sites for hydroxylation is 2. The normalized spacial score (nSPS) is 11.2. The molecule has 0 atom stereocenters. The average Bonchev–Trinajstić information content (AvgIpc) is 2.72. The lowest BCUT2D eigenvalue weighted by Crippen LogP contribution is -2.17. The Labute approximate surface area is 195 Å². The topological polar surface area (TPSA) is 127 Å². The van der Waals surface area contributed by atoms with Crippen molar-refractivity contribution in [2.45, 2.75) is 37.2 Å². The minimum absolute atomic E-state index is 0.00317. The van der Waals surface area contributed by atoms with Crippen molar-refractivity contribution in [1.29, 1.82) is 0 Å². The van der Waals surface area contributed by atoms with Crippen LogP contribution in [0.4, 0.5) is 11.6 Å². The van der Waals surface area contributed by atoms with Crippen LogP contribution >= 0.6 is 23.4 Å². The van der Waals surface area contributed by atoms with Gasteiger partial charge >= 0.3 is 0 Å². The van der Waals surface area contributed by atoms with Gasteiger partial charge in [-0.2, -0.15) is 0 Å². The van der Waals surface area contributed by atoms with Crippen LogP contribution in [0.5, 0.6) is 0 Å². The first-order valence-corrected chi connectivity index (χ1v) is 12.4. The smallest absolute Gasteiger partial charge is 0.275 e. The number of carbonyl (C=O) groups is 1. The molecule has 0 radical (unpaired) electrons. The number of aromatic nitrogens is 4. The zero-order chi connectivity index (χ0) is 23.3. The Balaban J connectivity index is 1.73. The Hall–Kier alpha value is -2.76. The van der Waals surface area contributed by atoms with Crippen LogP contribution in [0.15, 0.2) is 46.6 Å². The van der Waals surface area contributed by atoms with Crippen molar-refractivity contribution in [3.8, 4) is 0 Å². The summed E-state index contributed by atoms with van der Waals surface area (Å²) >= 11 is 7.51. The Kier molecular flexibility index (Phi) is 7.64. The van der Waals surface area contributed by atoms with Gasteiger partial charge in [-0.15, -0.1) is 0 Å². The second-order valence-electron chi connectivity index (χ2n) is 6.76. The lowest BCUT2D eigenvalue weighted by molar-refractivity contribution is 0.102. The Morgan fingerprint density at radius 1 is 1.09 bits per heavy atom. The quantitative estimate of drug-likeness (QED) is 0.355. The molecule has 0 aliphatic carbocycles. The third kappa shape index (κ3) is 6.15. The molecule has 1 aromatic carbocycles. The predicted octanol–water partition coefficient (Wildman–Crippen LogP) is 4.09. The summed E-state index contributed by atoms with van der Waals surface area (Å²) in [7, 11) is -3.90. The highest BCUT2D eigenvalue weighted by atomic mass is 35.5. The average molecular weight is 493 g/mol. The number of amides is 1. The first-order valence-electron chi connectivity index (χ1n) is 9.60. The van der Waals surface area contributed by atoms with Crippen molar-refractivity contribution >= 4 is 50.9 Å². The van der Waals surface area contributed by atoms with Crippen LogP contribution < -0.4 is 10.0 Å². The molecular formula is C20H21ClN6O3S2. The molecule has 0 saturated heterocycles. The summed E-state index contributed by atoms with van der Waals surface area (Å²) in [6.07, 6.45) is 2.33. The van der Waals surface area contributed by atoms with Crippen LogP contribution in [0.25, 0.3) is 0 Å². The second-order valence-corrected chi connectivity index (χ2v) is 9.91. The van der Waals surface area contributed by atoms with Crippen molar-refractivity contribution in [1.82, 2.24) is 19.9 Å². The number of anilines is 2. The maximum absolute atomic E-state index is 12.6. The first kappa shape index (κ1) is 23.9. The molecule has 1 amide bonds. The summed E-state index contributed by atoms with van der Waals surface area (Å²) in [5.74, 6) is 0.294. The Morgan fingerprint density at radius 3 is 2.38 bits per heavy atom. The zero-order valence-electron chi connectivity index (χ0n) is 17.6. The number of halogens is 1. The number of hydrogen-bond donors (Lipinski definition) is 2. The molecule has 0 spiro atoms. The van der Waals surface area contributed by atoms with Crippen LogP contribution in [0.2, 0.25) is 5.02 Å². The van der Waals surface area contributed by atoms with Crippen molar-refractivity contribution in [2.75, 3.05) is 15.8 Å². The number of sulfonamides is 1. The summed E-state index contributed by atoms with van der Waals surface area (Å²) < 4.78 is 27.6. The molecule has 0 aliphatic rings. The molecule has 0 fully saturated rings. The van der Waals surface area contributed by atoms with E-state index < -0.39 is 15.9 Å². The number of benzene rings is 1. The van der Waals surface area contributed by atoms with E-state index in [4.69, 9.17) is 11.6 Å². The van der Waals surface area contributed by atoms with Gasteiger partial charge in [0.1, 0.15) is 0 Å². The van der Waals surface area contributed by atoms with Crippen LogP contribution in [0.3, 0.4) is 0 Å². The summed E-state index contributed by atoms with van der Waals surface area (Å²) in [6.45, 7) is 5.53. The number of carbonyl (C=O) groups excluding carboxylic acids is 1. The minimum atomic E-state index is -3.90. The number of rotatable bonds is 8. The van der Waals surface area contributed by atoms with Gasteiger partial charge in [-0.3, -0.25) is 4.79 Å². The molecule has 3 rings (SSSR count). The molecule has 2 heterocycles. The summed E-state index contributed by atoms with van der Waals surface area (Å²) in [5, 5.41) is 3.25. The predicted molar refractivity (Wildman–Crippen MR) is 125 cm³/mol. The second kappa shape index (κ2) is 10.2. The SMILES string of the molecule is CCCSc1ncc(Cl)c(C(=O)Nc2ccc(S(=O)(=O)Nc3nc(C)cc(C)n3)cc2)n1. The fourth-order valence-electron chi connectivity index (χ4n) is 2.63. The van der Waals surface area contributed by atoms with Gasteiger partial charge in [-0.1, -0.05) is 30.3 Å². The molecule has 2 N–H and O–H groups in total. The lowest BCUT2D eigenvalue weighted by atomic mass is 10.3. The van der Waals surface area contributed by atoms with Gasteiger partial charge in [0.25, 0.3) is 15.9 Å². The largest absolute Gasteiger partial charge is 0.321 e. The van der Waals surface area contributed by atoms with Gasteiger partial charge in [0, 0.05) is 22.8 Å². The van der Waals surface area contributed by atoms with E-state index in [0.29, 0.717) is 22.2 Å². The molecule has 12 heteroatoms. The molecule has 0 aliphatic heterocycles. The minimum Gasteiger partial charge on any atom is -0.321 e. The van der Waals surface area contributed by atoms with E-state index in [1.165, 1.54) is 42.2 Å². The van der Waals surface area contributed by atoms with Gasteiger partial charge < -0.3 is 5.32 Å². The third-order valence-electron chi connectivity index (χ3n) is 4.00. The fourth-order valence-corrected chi connectivity index (χ4v) is 4.42. The monoisotopic (exact) mass is 492 g/mol. The first-order chi connectivity index (χ1) is 15.2. The summed E-state index contributed by atoms with van der Waals surface area (Å²) in [6, 6.07) is 7.41.